The van der Waals surface area contributed by atoms with Crippen LogP contribution in [0.4, 0.5) is 11.4 Å². The van der Waals surface area contributed by atoms with Gasteiger partial charge in [-0.25, -0.2) is 19.0 Å². The Hall–Kier alpha value is -7.98. The topological polar surface area (TPSA) is 232 Å². The molecule has 0 radical (unpaired) electrons. The third kappa shape index (κ3) is 8.38. The summed E-state index contributed by atoms with van der Waals surface area (Å²) in [4.78, 5) is 63.1. The van der Waals surface area contributed by atoms with Crippen LogP contribution in [0.15, 0.2) is 86.0 Å². The molecular weight excluding hydrogens is 925 g/mol. The molecule has 8 heterocycles. The number of hydrogen-bond donors (Lipinski definition) is 2. The van der Waals surface area contributed by atoms with E-state index in [2.05, 4.69) is 30.8 Å². The standard InChI is InChI=1S/2C25H27N7O4/c2*1-30-22(33)14-36-15-25(30)6-4-17(5-7-25)32-13-16-10-18(21(35-2)11-19(16)29-32)24(34)28-20-12-27-31-9-3-8-26-23(20)31/h2*3,8-13,17H,4-7,14-15H2,1-2H3,(H,28,34). The number of amides is 4. The van der Waals surface area contributed by atoms with Gasteiger partial charge in [-0.15, -0.1) is 0 Å². The highest BCUT2D eigenvalue weighted by atomic mass is 16.5. The van der Waals surface area contributed by atoms with Gasteiger partial charge in [-0.05, 0) is 75.6 Å². The van der Waals surface area contributed by atoms with E-state index in [1.54, 1.807) is 82.6 Å². The van der Waals surface area contributed by atoms with Crippen molar-refractivity contribution >= 4 is 68.1 Å². The summed E-state index contributed by atoms with van der Waals surface area (Å²) in [5.74, 6) is 0.344. The predicted octanol–water partition coefficient (Wildman–Crippen LogP) is 5.36. The van der Waals surface area contributed by atoms with E-state index in [0.717, 1.165) is 73.2 Å². The van der Waals surface area contributed by atoms with Crippen molar-refractivity contribution in [2.24, 2.45) is 0 Å². The Bertz CT molecular complexity index is 3160. The second-order valence-corrected chi connectivity index (χ2v) is 19.0. The predicted molar refractivity (Wildman–Crippen MR) is 262 cm³/mol. The molecule has 2 saturated carbocycles. The molecule has 72 heavy (non-hydrogen) atoms. The van der Waals surface area contributed by atoms with Crippen molar-refractivity contribution in [1.82, 2.24) is 58.6 Å². The SMILES string of the molecule is COc1cc2nn(C3CCC4(CC3)COCC(=O)N4C)cc2cc1C(=O)Nc1cnn2cccnc12.COc1cc2nn(C3CCC4(CC3)COCC(=O)N4C)cc2cc1C(=O)Nc1cnn2cccnc12. The van der Waals surface area contributed by atoms with Gasteiger partial charge in [0.1, 0.15) is 36.1 Å². The second-order valence-electron chi connectivity index (χ2n) is 19.0. The number of fused-ring (bicyclic) bond motifs is 4. The van der Waals surface area contributed by atoms with Gasteiger partial charge in [0.05, 0.1) is 85.1 Å². The Balaban J connectivity index is 0.000000156. The zero-order valence-corrected chi connectivity index (χ0v) is 40.4. The molecule has 4 amide bonds. The third-order valence-corrected chi connectivity index (χ3v) is 15.1. The van der Waals surface area contributed by atoms with Gasteiger partial charge in [-0.1, -0.05) is 0 Å². The van der Waals surface area contributed by atoms with Crippen molar-refractivity contribution in [1.29, 1.82) is 0 Å². The largest absolute Gasteiger partial charge is 0.496 e. The number of anilines is 2. The summed E-state index contributed by atoms with van der Waals surface area (Å²) in [6, 6.07) is 11.2. The van der Waals surface area contributed by atoms with Crippen LogP contribution in [0.1, 0.15) is 84.2 Å². The number of likely N-dealkylation sites (N-methyl/N-ethyl adjacent to an activating group) is 2. The molecule has 0 unspecified atom stereocenters. The van der Waals surface area contributed by atoms with Gasteiger partial charge in [-0.3, -0.25) is 28.5 Å². The molecule has 2 spiro atoms. The number of nitrogens with zero attached hydrogens (tertiary/aromatic N) is 12. The van der Waals surface area contributed by atoms with Crippen LogP contribution in [-0.2, 0) is 19.1 Å². The molecule has 4 aliphatic rings. The Kier molecular flexibility index (Phi) is 12.0. The molecule has 6 aromatic heterocycles. The maximum atomic E-state index is 13.2. The number of carbonyl (C=O) groups excluding carboxylic acids is 4. The van der Waals surface area contributed by atoms with Crippen LogP contribution in [-0.4, -0.2) is 148 Å². The molecule has 2 aromatic carbocycles. The van der Waals surface area contributed by atoms with Gasteiger partial charge in [0.25, 0.3) is 11.8 Å². The quantitative estimate of drug-likeness (QED) is 0.195. The lowest BCUT2D eigenvalue weighted by molar-refractivity contribution is -0.159. The second kappa shape index (κ2) is 18.6. The molecule has 0 atom stereocenters. The molecular formula is C50H54N14O8. The van der Waals surface area contributed by atoms with Crippen LogP contribution in [0.3, 0.4) is 0 Å². The fourth-order valence-corrected chi connectivity index (χ4v) is 10.8. The molecule has 372 valence electrons. The normalized spacial score (nSPS) is 22.4. The zero-order valence-electron chi connectivity index (χ0n) is 40.4. The van der Waals surface area contributed by atoms with E-state index in [4.69, 9.17) is 29.1 Å². The summed E-state index contributed by atoms with van der Waals surface area (Å²) >= 11 is 0. The Morgan fingerprint density at radius 2 is 1.06 bits per heavy atom. The summed E-state index contributed by atoms with van der Waals surface area (Å²) in [7, 11) is 6.84. The number of rotatable bonds is 8. The van der Waals surface area contributed by atoms with Crippen molar-refractivity contribution in [3.05, 3.63) is 97.1 Å². The highest BCUT2D eigenvalue weighted by molar-refractivity contribution is 6.10. The van der Waals surface area contributed by atoms with Crippen LogP contribution in [0, 0.1) is 0 Å². The molecule has 2 N–H and O–H groups in total. The van der Waals surface area contributed by atoms with Crippen molar-refractivity contribution in [2.75, 3.05) is 65.4 Å². The Morgan fingerprint density at radius 3 is 1.46 bits per heavy atom. The van der Waals surface area contributed by atoms with Crippen LogP contribution >= 0.6 is 0 Å². The highest BCUT2D eigenvalue weighted by Gasteiger charge is 2.45. The summed E-state index contributed by atoms with van der Waals surface area (Å²) in [5.41, 5.74) is 4.04. The van der Waals surface area contributed by atoms with E-state index in [0.29, 0.717) is 58.5 Å². The first kappa shape index (κ1) is 46.4. The van der Waals surface area contributed by atoms with E-state index < -0.39 is 0 Å². The van der Waals surface area contributed by atoms with Gasteiger partial charge in [0, 0.05) is 74.2 Å². The molecule has 2 aliphatic carbocycles. The average molecular weight is 979 g/mol. The van der Waals surface area contributed by atoms with Gasteiger partial charge in [0.2, 0.25) is 11.8 Å². The average Bonchev–Trinajstić information content (AvgIpc) is 4.22. The third-order valence-electron chi connectivity index (χ3n) is 15.1. The summed E-state index contributed by atoms with van der Waals surface area (Å²) in [5, 5.41) is 25.5. The fourth-order valence-electron chi connectivity index (χ4n) is 10.8. The monoisotopic (exact) mass is 978 g/mol. The van der Waals surface area contributed by atoms with Crippen LogP contribution in [0.25, 0.3) is 33.1 Å². The van der Waals surface area contributed by atoms with E-state index in [1.165, 1.54) is 14.2 Å². The number of aromatic nitrogens is 10. The lowest BCUT2D eigenvalue weighted by Crippen LogP contribution is -2.59. The minimum atomic E-state index is -0.313. The summed E-state index contributed by atoms with van der Waals surface area (Å²) < 4.78 is 29.4. The number of methoxy groups -OCH3 is 2. The first-order valence-corrected chi connectivity index (χ1v) is 24.0. The first-order valence-electron chi connectivity index (χ1n) is 24.0. The molecule has 12 rings (SSSR count). The zero-order chi connectivity index (χ0) is 49.7. The number of benzene rings is 2. The maximum absolute atomic E-state index is 13.2. The van der Waals surface area contributed by atoms with E-state index in [1.807, 2.05) is 45.7 Å². The minimum Gasteiger partial charge on any atom is -0.496 e. The molecule has 22 heteroatoms. The molecule has 4 fully saturated rings. The molecule has 2 saturated heterocycles. The smallest absolute Gasteiger partial charge is 0.259 e. The van der Waals surface area contributed by atoms with Gasteiger partial charge in [0.15, 0.2) is 11.3 Å². The molecule has 0 bridgehead atoms. The van der Waals surface area contributed by atoms with Crippen molar-refractivity contribution < 1.29 is 38.1 Å². The number of ether oxygens (including phenoxy) is 4. The number of hydrogen-bond acceptors (Lipinski definition) is 14. The molecule has 2 aliphatic heterocycles. The lowest BCUT2D eigenvalue weighted by Gasteiger charge is -2.48. The lowest BCUT2D eigenvalue weighted by atomic mass is 9.78. The van der Waals surface area contributed by atoms with Crippen molar-refractivity contribution in [3.63, 3.8) is 0 Å². The fraction of sp³-hybridized carbons (Fsp3) is 0.400. The molecule has 8 aromatic rings. The summed E-state index contributed by atoms with van der Waals surface area (Å²) in [6.45, 7) is 1.50. The van der Waals surface area contributed by atoms with E-state index in [-0.39, 0.29) is 60.0 Å². The van der Waals surface area contributed by atoms with Crippen molar-refractivity contribution in [3.8, 4) is 11.5 Å². The van der Waals surface area contributed by atoms with Crippen LogP contribution in [0.2, 0.25) is 0 Å². The number of carbonyl (C=O) groups is 4. The number of nitrogens with one attached hydrogen (secondary N) is 2. The van der Waals surface area contributed by atoms with Crippen LogP contribution in [0.5, 0.6) is 11.5 Å². The van der Waals surface area contributed by atoms with Gasteiger partial charge < -0.3 is 39.4 Å². The maximum Gasteiger partial charge on any atom is 0.259 e. The number of morpholine rings is 2. The molecule has 22 nitrogen and oxygen atoms in total. The summed E-state index contributed by atoms with van der Waals surface area (Å²) in [6.07, 6.45) is 21.0. The Labute approximate surface area is 412 Å². The van der Waals surface area contributed by atoms with Gasteiger partial charge in [-0.2, -0.15) is 20.4 Å². The van der Waals surface area contributed by atoms with Crippen molar-refractivity contribution in [2.45, 2.75) is 74.5 Å². The minimum absolute atomic E-state index is 0.0438. The van der Waals surface area contributed by atoms with Gasteiger partial charge >= 0.3 is 0 Å². The first-order chi connectivity index (χ1) is 34.9. The van der Waals surface area contributed by atoms with E-state index in [9.17, 15) is 19.2 Å². The Morgan fingerprint density at radius 1 is 0.639 bits per heavy atom. The highest BCUT2D eigenvalue weighted by Crippen LogP contribution is 2.42. The van der Waals surface area contributed by atoms with E-state index >= 15 is 0 Å². The van der Waals surface area contributed by atoms with Crippen LogP contribution < -0.4 is 20.1 Å².